The number of sulfonamides is 1. The second kappa shape index (κ2) is 6.91. The minimum Gasteiger partial charge on any atom is -0.399 e. The maximum Gasteiger partial charge on any atom is 0.243 e. The van der Waals surface area contributed by atoms with Crippen LogP contribution < -0.4 is 11.1 Å². The molecule has 1 rings (SSSR count). The van der Waals surface area contributed by atoms with Crippen molar-refractivity contribution >= 4 is 21.6 Å². The summed E-state index contributed by atoms with van der Waals surface area (Å²) in [6, 6.07) is 4.87. The molecule has 0 aliphatic heterocycles. The molecule has 21 heavy (non-hydrogen) atoms. The predicted molar refractivity (Wildman–Crippen MR) is 83.3 cm³/mol. The number of nitrogens with one attached hydrogen (secondary N) is 1. The molecule has 0 aliphatic carbocycles. The van der Waals surface area contributed by atoms with Crippen molar-refractivity contribution in [1.29, 1.82) is 0 Å². The van der Waals surface area contributed by atoms with Crippen LogP contribution in [0.15, 0.2) is 23.1 Å². The molecule has 1 aromatic carbocycles. The van der Waals surface area contributed by atoms with E-state index in [-0.39, 0.29) is 17.3 Å². The quantitative estimate of drug-likeness (QED) is 0.761. The molecule has 1 amide bonds. The molecular formula is C14H23N3O3S. The van der Waals surface area contributed by atoms with Crippen LogP contribution in [0.2, 0.25) is 0 Å². The Hall–Kier alpha value is -1.60. The van der Waals surface area contributed by atoms with Gasteiger partial charge in [-0.2, -0.15) is 0 Å². The molecule has 0 aromatic heterocycles. The summed E-state index contributed by atoms with van der Waals surface area (Å²) in [7, 11) is -0.670. The number of nitrogen functional groups attached to an aromatic ring is 1. The number of amides is 1. The van der Waals surface area contributed by atoms with Crippen molar-refractivity contribution < 1.29 is 13.2 Å². The van der Waals surface area contributed by atoms with Crippen molar-refractivity contribution in [3.8, 4) is 0 Å². The number of nitrogens with two attached hydrogens (primary N) is 1. The minimum atomic E-state index is -3.67. The van der Waals surface area contributed by atoms with Crippen molar-refractivity contribution in [2.75, 3.05) is 26.4 Å². The first kappa shape index (κ1) is 17.5. The van der Waals surface area contributed by atoms with Gasteiger partial charge in [-0.3, -0.25) is 4.79 Å². The highest BCUT2D eigenvalue weighted by atomic mass is 32.2. The lowest BCUT2D eigenvalue weighted by Crippen LogP contribution is -2.37. The third-order valence-electron chi connectivity index (χ3n) is 3.39. The van der Waals surface area contributed by atoms with E-state index >= 15 is 0 Å². The number of nitrogens with zero attached hydrogens (tertiary/aromatic N) is 1. The summed E-state index contributed by atoms with van der Waals surface area (Å²) in [6.07, 6.45) is 0.591. The number of rotatable bonds is 6. The zero-order valence-electron chi connectivity index (χ0n) is 12.9. The van der Waals surface area contributed by atoms with Crippen LogP contribution in [0.4, 0.5) is 5.69 Å². The molecule has 0 saturated carbocycles. The van der Waals surface area contributed by atoms with E-state index in [4.69, 9.17) is 5.73 Å². The van der Waals surface area contributed by atoms with Gasteiger partial charge in [0.1, 0.15) is 0 Å². The van der Waals surface area contributed by atoms with Gasteiger partial charge in [-0.15, -0.1) is 0 Å². The molecule has 0 saturated heterocycles. The molecule has 0 fully saturated rings. The number of benzene rings is 1. The molecule has 118 valence electrons. The second-order valence-electron chi connectivity index (χ2n) is 5.02. The van der Waals surface area contributed by atoms with Crippen molar-refractivity contribution in [3.63, 3.8) is 0 Å². The van der Waals surface area contributed by atoms with E-state index in [0.29, 0.717) is 17.7 Å². The summed E-state index contributed by atoms with van der Waals surface area (Å²) < 4.78 is 26.5. The standard InChI is InChI=1S/C14H23N3O3S/c1-5-11-6-7-12(15)8-13(11)21(19,20)17(4)9-10(2)14(18)16-3/h6-8,10H,5,9,15H2,1-4H3,(H,16,18). The van der Waals surface area contributed by atoms with E-state index in [1.807, 2.05) is 6.92 Å². The van der Waals surface area contributed by atoms with Gasteiger partial charge in [0, 0.05) is 32.2 Å². The molecule has 1 atom stereocenters. The highest BCUT2D eigenvalue weighted by Crippen LogP contribution is 2.23. The Morgan fingerprint density at radius 3 is 2.57 bits per heavy atom. The maximum absolute atomic E-state index is 12.6. The van der Waals surface area contributed by atoms with Crippen LogP contribution in [0, 0.1) is 5.92 Å². The Bertz CT molecular complexity index is 614. The zero-order valence-corrected chi connectivity index (χ0v) is 13.7. The van der Waals surface area contributed by atoms with Crippen LogP contribution in [-0.4, -0.2) is 39.3 Å². The van der Waals surface area contributed by atoms with Gasteiger partial charge in [-0.05, 0) is 24.1 Å². The number of hydrogen-bond acceptors (Lipinski definition) is 4. The Kier molecular flexibility index (Phi) is 5.74. The number of hydrogen-bond donors (Lipinski definition) is 2. The molecule has 6 nitrogen and oxygen atoms in total. The summed E-state index contributed by atoms with van der Waals surface area (Å²) in [5.74, 6) is -0.624. The fourth-order valence-electron chi connectivity index (χ4n) is 2.08. The van der Waals surface area contributed by atoms with Gasteiger partial charge in [0.15, 0.2) is 0 Å². The Labute approximate surface area is 126 Å². The van der Waals surface area contributed by atoms with E-state index in [1.54, 1.807) is 19.1 Å². The molecule has 3 N–H and O–H groups in total. The van der Waals surface area contributed by atoms with Crippen LogP contribution in [0.5, 0.6) is 0 Å². The predicted octanol–water partition coefficient (Wildman–Crippen LogP) is 0.834. The maximum atomic E-state index is 12.6. The van der Waals surface area contributed by atoms with E-state index in [2.05, 4.69) is 5.32 Å². The molecule has 0 bridgehead atoms. The molecule has 0 aliphatic rings. The summed E-state index contributed by atoms with van der Waals surface area (Å²) in [4.78, 5) is 11.7. The zero-order chi connectivity index (χ0) is 16.2. The SMILES string of the molecule is CCc1ccc(N)cc1S(=O)(=O)N(C)CC(C)C(=O)NC. The average molecular weight is 313 g/mol. The normalized spacial score (nSPS) is 13.2. The molecule has 0 radical (unpaired) electrons. The van der Waals surface area contributed by atoms with E-state index in [1.165, 1.54) is 24.5 Å². The van der Waals surface area contributed by atoms with E-state index in [0.717, 1.165) is 0 Å². The van der Waals surface area contributed by atoms with Gasteiger partial charge in [-0.1, -0.05) is 19.9 Å². The molecule has 0 heterocycles. The van der Waals surface area contributed by atoms with Crippen molar-refractivity contribution in [2.24, 2.45) is 5.92 Å². The van der Waals surface area contributed by atoms with Crippen LogP contribution in [-0.2, 0) is 21.2 Å². The van der Waals surface area contributed by atoms with Crippen LogP contribution >= 0.6 is 0 Å². The van der Waals surface area contributed by atoms with Gasteiger partial charge >= 0.3 is 0 Å². The van der Waals surface area contributed by atoms with Crippen molar-refractivity contribution in [1.82, 2.24) is 9.62 Å². The van der Waals surface area contributed by atoms with Gasteiger partial charge in [0.25, 0.3) is 0 Å². The highest BCUT2D eigenvalue weighted by molar-refractivity contribution is 7.89. The van der Waals surface area contributed by atoms with Crippen LogP contribution in [0.1, 0.15) is 19.4 Å². The molecule has 0 spiro atoms. The lowest BCUT2D eigenvalue weighted by molar-refractivity contribution is -0.124. The third-order valence-corrected chi connectivity index (χ3v) is 5.29. The van der Waals surface area contributed by atoms with E-state index < -0.39 is 15.9 Å². The molecule has 7 heteroatoms. The summed E-state index contributed by atoms with van der Waals surface area (Å²) in [5.41, 5.74) is 6.82. The van der Waals surface area contributed by atoms with Crippen LogP contribution in [0.25, 0.3) is 0 Å². The van der Waals surface area contributed by atoms with Crippen LogP contribution in [0.3, 0.4) is 0 Å². The topological polar surface area (TPSA) is 92.5 Å². The number of carbonyl (C=O) groups excluding carboxylic acids is 1. The molecule has 1 aromatic rings. The first-order valence-corrected chi connectivity index (χ1v) is 8.24. The highest BCUT2D eigenvalue weighted by Gasteiger charge is 2.26. The summed E-state index contributed by atoms with van der Waals surface area (Å²) >= 11 is 0. The monoisotopic (exact) mass is 313 g/mol. The minimum absolute atomic E-state index is 0.111. The lowest BCUT2D eigenvalue weighted by atomic mass is 10.1. The van der Waals surface area contributed by atoms with Gasteiger partial charge in [0.05, 0.1) is 4.90 Å². The van der Waals surface area contributed by atoms with E-state index in [9.17, 15) is 13.2 Å². The lowest BCUT2D eigenvalue weighted by Gasteiger charge is -2.22. The van der Waals surface area contributed by atoms with Gasteiger partial charge in [0.2, 0.25) is 15.9 Å². The first-order valence-electron chi connectivity index (χ1n) is 6.80. The second-order valence-corrected chi connectivity index (χ2v) is 7.03. The fraction of sp³-hybridized carbons (Fsp3) is 0.500. The third kappa shape index (κ3) is 3.95. The molecular weight excluding hydrogens is 290 g/mol. The largest absolute Gasteiger partial charge is 0.399 e. The summed E-state index contributed by atoms with van der Waals surface area (Å²) in [5, 5.41) is 2.51. The summed E-state index contributed by atoms with van der Waals surface area (Å²) in [6.45, 7) is 3.68. The Morgan fingerprint density at radius 1 is 1.43 bits per heavy atom. The van der Waals surface area contributed by atoms with Gasteiger partial charge in [-0.25, -0.2) is 12.7 Å². The Balaban J connectivity index is 3.11. The fourth-order valence-corrected chi connectivity index (χ4v) is 3.67. The first-order chi connectivity index (χ1) is 9.73. The smallest absolute Gasteiger partial charge is 0.243 e. The number of anilines is 1. The average Bonchev–Trinajstić information content (AvgIpc) is 2.45. The van der Waals surface area contributed by atoms with Crippen molar-refractivity contribution in [3.05, 3.63) is 23.8 Å². The number of aryl methyl sites for hydroxylation is 1. The van der Waals surface area contributed by atoms with Crippen molar-refractivity contribution in [2.45, 2.75) is 25.2 Å². The molecule has 1 unspecified atom stereocenters. The Morgan fingerprint density at radius 2 is 2.05 bits per heavy atom. The van der Waals surface area contributed by atoms with Gasteiger partial charge < -0.3 is 11.1 Å². The number of carbonyl (C=O) groups is 1.